The normalized spacial score (nSPS) is 13.3. The summed E-state index contributed by atoms with van der Waals surface area (Å²) in [5.74, 6) is 0. The highest BCUT2D eigenvalue weighted by atomic mass is 14.8. The Balaban J connectivity index is 2.28. The Bertz CT molecular complexity index is 267. The molecule has 0 bridgehead atoms. The van der Waals surface area contributed by atoms with Crippen LogP contribution in [0.4, 0.5) is 0 Å². The number of hydrogen-bond donors (Lipinski definition) is 1. The number of nitrogens with one attached hydrogen (secondary N) is 1. The second kappa shape index (κ2) is 6.33. The van der Waals surface area contributed by atoms with Crippen LogP contribution < -0.4 is 5.32 Å². The molecule has 0 radical (unpaired) electrons. The zero-order valence-electron chi connectivity index (χ0n) is 8.90. The third-order valence-corrected chi connectivity index (χ3v) is 2.25. The SMILES string of the molecule is CNC(C)CC/C=C\c1cccnc1. The fourth-order valence-electron chi connectivity index (χ4n) is 1.18. The van der Waals surface area contributed by atoms with Crippen molar-refractivity contribution in [3.63, 3.8) is 0 Å². The maximum absolute atomic E-state index is 4.05. The Morgan fingerprint density at radius 1 is 1.57 bits per heavy atom. The van der Waals surface area contributed by atoms with E-state index in [9.17, 15) is 0 Å². The largest absolute Gasteiger partial charge is 0.317 e. The number of pyridine rings is 1. The predicted molar refractivity (Wildman–Crippen MR) is 61.0 cm³/mol. The van der Waals surface area contributed by atoms with Crippen molar-refractivity contribution in [2.24, 2.45) is 0 Å². The Kier molecular flexibility index (Phi) is 4.94. The molecule has 0 fully saturated rings. The van der Waals surface area contributed by atoms with Gasteiger partial charge in [-0.2, -0.15) is 0 Å². The third kappa shape index (κ3) is 4.19. The topological polar surface area (TPSA) is 24.9 Å². The average molecular weight is 190 g/mol. The molecule has 2 heteroatoms. The minimum absolute atomic E-state index is 0.591. The van der Waals surface area contributed by atoms with E-state index in [1.54, 1.807) is 6.20 Å². The van der Waals surface area contributed by atoms with Gasteiger partial charge in [-0.25, -0.2) is 0 Å². The maximum atomic E-state index is 4.05. The summed E-state index contributed by atoms with van der Waals surface area (Å²) < 4.78 is 0. The van der Waals surface area contributed by atoms with Crippen molar-refractivity contribution >= 4 is 6.08 Å². The number of nitrogens with zero attached hydrogens (tertiary/aromatic N) is 1. The van der Waals surface area contributed by atoms with Gasteiger partial charge in [0.1, 0.15) is 0 Å². The van der Waals surface area contributed by atoms with Gasteiger partial charge in [-0.05, 0) is 38.4 Å². The molecule has 0 amide bonds. The maximum Gasteiger partial charge on any atom is 0.0340 e. The molecule has 1 unspecified atom stereocenters. The molecule has 1 atom stereocenters. The van der Waals surface area contributed by atoms with Gasteiger partial charge >= 0.3 is 0 Å². The third-order valence-electron chi connectivity index (χ3n) is 2.25. The minimum atomic E-state index is 0.591. The van der Waals surface area contributed by atoms with Gasteiger partial charge in [0.25, 0.3) is 0 Å². The minimum Gasteiger partial charge on any atom is -0.317 e. The van der Waals surface area contributed by atoms with Crippen molar-refractivity contribution in [1.29, 1.82) is 0 Å². The smallest absolute Gasteiger partial charge is 0.0340 e. The fraction of sp³-hybridized carbons (Fsp3) is 0.417. The van der Waals surface area contributed by atoms with E-state index in [0.717, 1.165) is 6.42 Å². The van der Waals surface area contributed by atoms with Crippen LogP contribution in [0.25, 0.3) is 6.08 Å². The van der Waals surface area contributed by atoms with Crippen molar-refractivity contribution in [2.45, 2.75) is 25.8 Å². The first-order valence-corrected chi connectivity index (χ1v) is 5.06. The Hall–Kier alpha value is -1.15. The van der Waals surface area contributed by atoms with Crippen LogP contribution in [0.5, 0.6) is 0 Å². The van der Waals surface area contributed by atoms with E-state index in [1.165, 1.54) is 12.0 Å². The van der Waals surface area contributed by atoms with Crippen LogP contribution in [0, 0.1) is 0 Å². The van der Waals surface area contributed by atoms with Gasteiger partial charge in [-0.15, -0.1) is 0 Å². The van der Waals surface area contributed by atoms with E-state index >= 15 is 0 Å². The summed E-state index contributed by atoms with van der Waals surface area (Å²) in [6.07, 6.45) is 10.3. The second-order valence-electron chi connectivity index (χ2n) is 3.46. The quantitative estimate of drug-likeness (QED) is 0.771. The molecule has 0 aliphatic rings. The highest BCUT2D eigenvalue weighted by Crippen LogP contribution is 2.02. The standard InChI is InChI=1S/C12H18N2/c1-11(13-2)6-3-4-7-12-8-5-9-14-10-12/h4-5,7-11,13H,3,6H2,1-2H3/b7-4-. The molecule has 1 heterocycles. The lowest BCUT2D eigenvalue weighted by atomic mass is 10.1. The van der Waals surface area contributed by atoms with Crippen molar-refractivity contribution in [3.8, 4) is 0 Å². The molecular formula is C12H18N2. The number of allylic oxidation sites excluding steroid dienone is 1. The van der Waals surface area contributed by atoms with Crippen LogP contribution in [-0.2, 0) is 0 Å². The van der Waals surface area contributed by atoms with E-state index in [-0.39, 0.29) is 0 Å². The molecule has 0 spiro atoms. The van der Waals surface area contributed by atoms with Crippen LogP contribution in [-0.4, -0.2) is 18.1 Å². The highest BCUT2D eigenvalue weighted by molar-refractivity contribution is 5.47. The fourth-order valence-corrected chi connectivity index (χ4v) is 1.18. The average Bonchev–Trinajstić information content (AvgIpc) is 2.25. The molecule has 1 aromatic rings. The number of aromatic nitrogens is 1. The predicted octanol–water partition coefficient (Wildman–Crippen LogP) is 2.48. The van der Waals surface area contributed by atoms with E-state index in [4.69, 9.17) is 0 Å². The lowest BCUT2D eigenvalue weighted by Crippen LogP contribution is -2.20. The summed E-state index contributed by atoms with van der Waals surface area (Å²) in [5, 5.41) is 3.22. The molecule has 14 heavy (non-hydrogen) atoms. The monoisotopic (exact) mass is 190 g/mol. The molecule has 1 N–H and O–H groups in total. The first-order valence-electron chi connectivity index (χ1n) is 5.06. The zero-order valence-corrected chi connectivity index (χ0v) is 8.90. The van der Waals surface area contributed by atoms with Crippen LogP contribution in [0.3, 0.4) is 0 Å². The molecule has 0 aromatic carbocycles. The van der Waals surface area contributed by atoms with Gasteiger partial charge in [0, 0.05) is 18.4 Å². The van der Waals surface area contributed by atoms with Crippen LogP contribution in [0.1, 0.15) is 25.3 Å². The molecular weight excluding hydrogens is 172 g/mol. The summed E-state index contributed by atoms with van der Waals surface area (Å²) in [5.41, 5.74) is 1.17. The van der Waals surface area contributed by atoms with Crippen LogP contribution in [0.2, 0.25) is 0 Å². The molecule has 0 saturated carbocycles. The first-order chi connectivity index (χ1) is 6.83. The zero-order chi connectivity index (χ0) is 10.2. The van der Waals surface area contributed by atoms with E-state index in [2.05, 4.69) is 35.4 Å². The first kappa shape index (κ1) is 10.9. The van der Waals surface area contributed by atoms with Crippen LogP contribution in [0.15, 0.2) is 30.6 Å². The Labute approximate surface area is 86.1 Å². The highest BCUT2D eigenvalue weighted by Gasteiger charge is 1.93. The number of rotatable bonds is 5. The van der Waals surface area contributed by atoms with E-state index in [1.807, 2.05) is 19.3 Å². The molecule has 0 saturated heterocycles. The van der Waals surface area contributed by atoms with Gasteiger partial charge in [-0.3, -0.25) is 4.98 Å². The Morgan fingerprint density at radius 3 is 3.07 bits per heavy atom. The molecule has 0 aliphatic heterocycles. The van der Waals surface area contributed by atoms with Gasteiger partial charge in [0.15, 0.2) is 0 Å². The van der Waals surface area contributed by atoms with E-state index in [0.29, 0.717) is 6.04 Å². The second-order valence-corrected chi connectivity index (χ2v) is 3.46. The van der Waals surface area contributed by atoms with Gasteiger partial charge in [-0.1, -0.05) is 18.2 Å². The van der Waals surface area contributed by atoms with Gasteiger partial charge in [0.05, 0.1) is 0 Å². The lowest BCUT2D eigenvalue weighted by Gasteiger charge is -2.06. The summed E-state index contributed by atoms with van der Waals surface area (Å²) >= 11 is 0. The summed E-state index contributed by atoms with van der Waals surface area (Å²) in [6, 6.07) is 4.61. The molecule has 0 aliphatic carbocycles. The van der Waals surface area contributed by atoms with Gasteiger partial charge < -0.3 is 5.32 Å². The molecule has 76 valence electrons. The van der Waals surface area contributed by atoms with Crippen molar-refractivity contribution in [2.75, 3.05) is 7.05 Å². The summed E-state index contributed by atoms with van der Waals surface area (Å²) in [4.78, 5) is 4.05. The van der Waals surface area contributed by atoms with E-state index < -0.39 is 0 Å². The summed E-state index contributed by atoms with van der Waals surface area (Å²) in [6.45, 7) is 2.19. The molecule has 1 rings (SSSR count). The van der Waals surface area contributed by atoms with Crippen molar-refractivity contribution < 1.29 is 0 Å². The van der Waals surface area contributed by atoms with Crippen molar-refractivity contribution in [1.82, 2.24) is 10.3 Å². The van der Waals surface area contributed by atoms with Crippen LogP contribution >= 0.6 is 0 Å². The molecule has 2 nitrogen and oxygen atoms in total. The Morgan fingerprint density at radius 2 is 2.43 bits per heavy atom. The van der Waals surface area contributed by atoms with Gasteiger partial charge in [0.2, 0.25) is 0 Å². The molecule has 1 aromatic heterocycles. The summed E-state index contributed by atoms with van der Waals surface area (Å²) in [7, 11) is 2.00. The number of hydrogen-bond acceptors (Lipinski definition) is 2. The lowest BCUT2D eigenvalue weighted by molar-refractivity contribution is 0.571. The van der Waals surface area contributed by atoms with Crippen molar-refractivity contribution in [3.05, 3.63) is 36.2 Å².